The molecule has 0 unspecified atom stereocenters. The zero-order valence-corrected chi connectivity index (χ0v) is 14.5. The lowest BCUT2D eigenvalue weighted by Gasteiger charge is -2.00. The van der Waals surface area contributed by atoms with Crippen molar-refractivity contribution in [1.29, 1.82) is 0 Å². The number of carbonyl (C=O) groups excluding carboxylic acids is 1. The van der Waals surface area contributed by atoms with Crippen LogP contribution in [0.4, 0.5) is 15.7 Å². The highest BCUT2D eigenvalue weighted by Gasteiger charge is 2.11. The molecule has 0 saturated heterocycles. The molecule has 8 heteroatoms. The van der Waals surface area contributed by atoms with Crippen molar-refractivity contribution in [1.82, 2.24) is 10.1 Å². The van der Waals surface area contributed by atoms with E-state index in [1.807, 2.05) is 48.5 Å². The maximum absolute atomic E-state index is 12.1. The first-order chi connectivity index (χ1) is 12.7. The molecule has 2 N–H and O–H groups in total. The van der Waals surface area contributed by atoms with E-state index in [0.29, 0.717) is 16.7 Å². The summed E-state index contributed by atoms with van der Waals surface area (Å²) in [4.78, 5) is 16.5. The smallest absolute Gasteiger partial charge is 0.326 e. The number of hydrogen-bond donors (Lipinski definition) is 2. The van der Waals surface area contributed by atoms with Crippen LogP contribution in [0, 0.1) is 0 Å². The zero-order valence-electron chi connectivity index (χ0n) is 13.7. The molecule has 2 amide bonds. The number of para-hydroxylation sites is 1. The molecule has 0 spiro atoms. The van der Waals surface area contributed by atoms with Crippen LogP contribution >= 0.6 is 11.3 Å². The van der Waals surface area contributed by atoms with Gasteiger partial charge in [0.15, 0.2) is 16.7 Å². The number of anilines is 2. The van der Waals surface area contributed by atoms with E-state index >= 15 is 0 Å². The Morgan fingerprint density at radius 3 is 2.69 bits per heavy atom. The first-order valence-electron chi connectivity index (χ1n) is 7.76. The van der Waals surface area contributed by atoms with Crippen molar-refractivity contribution in [2.45, 2.75) is 0 Å². The lowest BCUT2D eigenvalue weighted by atomic mass is 10.2. The van der Waals surface area contributed by atoms with Crippen LogP contribution < -0.4 is 15.4 Å². The molecule has 130 valence electrons. The SMILES string of the molecule is COc1ccc(-c2cc(NC(=O)Nc3nc4ccccc4s3)no2)cc1. The standard InChI is InChI=1S/C18H14N4O3S/c1-24-12-8-6-11(7-9-12)14-10-16(22-25-14)20-17(23)21-18-19-13-4-2-3-5-15(13)26-18/h2-10H,1H3,(H2,19,20,21,22,23). The Hall–Kier alpha value is -3.39. The van der Waals surface area contributed by atoms with E-state index in [1.54, 1.807) is 13.2 Å². The van der Waals surface area contributed by atoms with Crippen LogP contribution in [0.3, 0.4) is 0 Å². The van der Waals surface area contributed by atoms with Crippen LogP contribution in [-0.2, 0) is 0 Å². The van der Waals surface area contributed by atoms with Crippen LogP contribution in [0.5, 0.6) is 5.75 Å². The molecule has 4 rings (SSSR count). The number of ether oxygens (including phenoxy) is 1. The molecule has 0 atom stereocenters. The van der Waals surface area contributed by atoms with Gasteiger partial charge in [0.05, 0.1) is 17.3 Å². The van der Waals surface area contributed by atoms with Gasteiger partial charge in [0.2, 0.25) is 0 Å². The number of amides is 2. The van der Waals surface area contributed by atoms with Crippen LogP contribution in [0.15, 0.2) is 59.1 Å². The fraction of sp³-hybridized carbons (Fsp3) is 0.0556. The number of nitrogens with zero attached hydrogens (tertiary/aromatic N) is 2. The molecular weight excluding hydrogens is 352 g/mol. The highest BCUT2D eigenvalue weighted by molar-refractivity contribution is 7.22. The van der Waals surface area contributed by atoms with Gasteiger partial charge in [0.25, 0.3) is 0 Å². The van der Waals surface area contributed by atoms with Crippen LogP contribution in [0.25, 0.3) is 21.5 Å². The number of methoxy groups -OCH3 is 1. The predicted molar refractivity (Wildman–Crippen MR) is 101 cm³/mol. The van der Waals surface area contributed by atoms with Crippen molar-refractivity contribution in [3.63, 3.8) is 0 Å². The molecule has 4 aromatic rings. The lowest BCUT2D eigenvalue weighted by Crippen LogP contribution is -2.19. The van der Waals surface area contributed by atoms with Gasteiger partial charge in [-0.25, -0.2) is 9.78 Å². The Balaban J connectivity index is 1.43. The number of carbonyl (C=O) groups is 1. The lowest BCUT2D eigenvalue weighted by molar-refractivity contribution is 0.262. The van der Waals surface area contributed by atoms with E-state index in [1.165, 1.54) is 11.3 Å². The first kappa shape index (κ1) is 16.1. The van der Waals surface area contributed by atoms with Gasteiger partial charge in [-0.1, -0.05) is 28.6 Å². The van der Waals surface area contributed by atoms with Crippen LogP contribution in [-0.4, -0.2) is 23.3 Å². The fourth-order valence-electron chi connectivity index (χ4n) is 2.40. The summed E-state index contributed by atoms with van der Waals surface area (Å²) in [7, 11) is 1.61. The van der Waals surface area contributed by atoms with Crippen LogP contribution in [0.2, 0.25) is 0 Å². The summed E-state index contributed by atoms with van der Waals surface area (Å²) >= 11 is 1.40. The van der Waals surface area contributed by atoms with Crippen molar-refractivity contribution in [2.24, 2.45) is 0 Å². The molecule has 26 heavy (non-hydrogen) atoms. The third-order valence-electron chi connectivity index (χ3n) is 3.64. The maximum Gasteiger partial charge on any atom is 0.326 e. The van der Waals surface area contributed by atoms with Gasteiger partial charge in [-0.3, -0.25) is 10.6 Å². The van der Waals surface area contributed by atoms with Gasteiger partial charge < -0.3 is 9.26 Å². The molecule has 0 radical (unpaired) electrons. The number of benzene rings is 2. The second kappa shape index (κ2) is 6.85. The summed E-state index contributed by atoms with van der Waals surface area (Å²) in [6.07, 6.45) is 0. The van der Waals surface area contributed by atoms with Gasteiger partial charge in [-0.05, 0) is 36.4 Å². The van der Waals surface area contributed by atoms with E-state index in [0.717, 1.165) is 21.5 Å². The fourth-order valence-corrected chi connectivity index (χ4v) is 3.26. The molecule has 0 aliphatic rings. The number of urea groups is 1. The van der Waals surface area contributed by atoms with Gasteiger partial charge >= 0.3 is 6.03 Å². The number of aromatic nitrogens is 2. The summed E-state index contributed by atoms with van der Waals surface area (Å²) in [6.45, 7) is 0. The number of thiazole rings is 1. The molecule has 0 fully saturated rings. The maximum atomic E-state index is 12.1. The molecule has 0 bridgehead atoms. The van der Waals surface area contributed by atoms with E-state index in [9.17, 15) is 4.79 Å². The van der Waals surface area contributed by atoms with Gasteiger partial charge in [0.1, 0.15) is 5.75 Å². The Bertz CT molecular complexity index is 1020. The largest absolute Gasteiger partial charge is 0.497 e. The molecule has 2 heterocycles. The third kappa shape index (κ3) is 3.35. The normalized spacial score (nSPS) is 10.7. The minimum atomic E-state index is -0.432. The average molecular weight is 366 g/mol. The minimum Gasteiger partial charge on any atom is -0.497 e. The van der Waals surface area contributed by atoms with Crippen molar-refractivity contribution in [2.75, 3.05) is 17.7 Å². The minimum absolute atomic E-state index is 0.314. The summed E-state index contributed by atoms with van der Waals surface area (Å²) in [6, 6.07) is 16.3. The number of fused-ring (bicyclic) bond motifs is 1. The van der Waals surface area contributed by atoms with Crippen LogP contribution in [0.1, 0.15) is 0 Å². The Kier molecular flexibility index (Phi) is 4.24. The quantitative estimate of drug-likeness (QED) is 0.551. The molecule has 2 aromatic heterocycles. The Morgan fingerprint density at radius 2 is 1.92 bits per heavy atom. The summed E-state index contributed by atoms with van der Waals surface area (Å²) in [5, 5.41) is 9.72. The highest BCUT2D eigenvalue weighted by atomic mass is 32.1. The summed E-state index contributed by atoms with van der Waals surface area (Å²) < 4.78 is 11.4. The van der Waals surface area contributed by atoms with Crippen molar-refractivity contribution < 1.29 is 14.1 Å². The highest BCUT2D eigenvalue weighted by Crippen LogP contribution is 2.26. The molecule has 0 aliphatic carbocycles. The van der Waals surface area contributed by atoms with Gasteiger partial charge in [0, 0.05) is 11.6 Å². The summed E-state index contributed by atoms with van der Waals surface area (Å²) in [5.74, 6) is 1.61. The van der Waals surface area contributed by atoms with Crippen molar-refractivity contribution in [3.05, 3.63) is 54.6 Å². The molecule has 0 aliphatic heterocycles. The number of nitrogens with one attached hydrogen (secondary N) is 2. The molecule has 2 aromatic carbocycles. The monoisotopic (exact) mass is 366 g/mol. The Labute approximate surface area is 152 Å². The Morgan fingerprint density at radius 1 is 1.12 bits per heavy atom. The predicted octanol–water partition coefficient (Wildman–Crippen LogP) is 4.60. The molecular formula is C18H14N4O3S. The number of rotatable bonds is 4. The van der Waals surface area contributed by atoms with E-state index in [-0.39, 0.29) is 0 Å². The first-order valence-corrected chi connectivity index (χ1v) is 8.57. The second-order valence-electron chi connectivity index (χ2n) is 5.37. The van der Waals surface area contributed by atoms with E-state index in [2.05, 4.69) is 20.8 Å². The van der Waals surface area contributed by atoms with Gasteiger partial charge in [-0.15, -0.1) is 0 Å². The summed E-state index contributed by atoms with van der Waals surface area (Å²) in [5.41, 5.74) is 1.67. The van der Waals surface area contributed by atoms with Crippen molar-refractivity contribution >= 4 is 38.5 Å². The zero-order chi connectivity index (χ0) is 17.9. The van der Waals surface area contributed by atoms with Crippen molar-refractivity contribution in [3.8, 4) is 17.1 Å². The second-order valence-corrected chi connectivity index (χ2v) is 6.40. The third-order valence-corrected chi connectivity index (χ3v) is 4.59. The van der Waals surface area contributed by atoms with Gasteiger partial charge in [-0.2, -0.15) is 0 Å². The topological polar surface area (TPSA) is 89.3 Å². The number of hydrogen-bond acceptors (Lipinski definition) is 6. The average Bonchev–Trinajstić information content (AvgIpc) is 3.28. The molecule has 7 nitrogen and oxygen atoms in total. The van der Waals surface area contributed by atoms with E-state index < -0.39 is 6.03 Å². The molecule has 0 saturated carbocycles. The van der Waals surface area contributed by atoms with E-state index in [4.69, 9.17) is 9.26 Å².